The predicted molar refractivity (Wildman–Crippen MR) is 84.6 cm³/mol. The normalized spacial score (nSPS) is 30.9. The lowest BCUT2D eigenvalue weighted by molar-refractivity contribution is -0.176. The quantitative estimate of drug-likeness (QED) is 0.832. The van der Waals surface area contributed by atoms with Crippen molar-refractivity contribution in [3.05, 3.63) is 35.9 Å². The molecule has 0 saturated carbocycles. The van der Waals surface area contributed by atoms with Crippen LogP contribution in [0.1, 0.15) is 24.8 Å². The van der Waals surface area contributed by atoms with Crippen molar-refractivity contribution in [1.29, 1.82) is 0 Å². The summed E-state index contributed by atoms with van der Waals surface area (Å²) in [6, 6.07) is 9.50. The van der Waals surface area contributed by atoms with Crippen LogP contribution in [0.15, 0.2) is 30.3 Å². The van der Waals surface area contributed by atoms with E-state index in [9.17, 15) is 9.90 Å². The van der Waals surface area contributed by atoms with E-state index in [1.807, 2.05) is 30.3 Å². The molecule has 2 saturated heterocycles. The molecule has 0 bridgehead atoms. The molecule has 1 aromatic carbocycles. The molecule has 6 heteroatoms. The standard InChI is InChI=1S/C16H20BrNO4/c17-11-16(20)9-13-14(22-16)7-4-8-18(13)15(19)21-10-12-5-2-1-3-6-12/h1-3,5-6,13-14,20H,4,7-11H2/t13-,14+,16?/m1/s1. The maximum Gasteiger partial charge on any atom is 0.410 e. The lowest BCUT2D eigenvalue weighted by Crippen LogP contribution is -2.49. The van der Waals surface area contributed by atoms with Gasteiger partial charge in [0.25, 0.3) is 0 Å². The molecule has 1 unspecified atom stereocenters. The molecule has 120 valence electrons. The molecule has 2 aliphatic heterocycles. The minimum absolute atomic E-state index is 0.111. The van der Waals surface area contributed by atoms with Crippen molar-refractivity contribution in [1.82, 2.24) is 4.90 Å². The zero-order valence-electron chi connectivity index (χ0n) is 12.3. The molecular formula is C16H20BrNO4. The van der Waals surface area contributed by atoms with Gasteiger partial charge in [-0.3, -0.25) is 0 Å². The maximum atomic E-state index is 12.4. The lowest BCUT2D eigenvalue weighted by Gasteiger charge is -2.35. The fourth-order valence-corrected chi connectivity index (χ4v) is 3.53. The van der Waals surface area contributed by atoms with Gasteiger partial charge in [0.2, 0.25) is 0 Å². The highest BCUT2D eigenvalue weighted by Gasteiger charge is 2.49. The topological polar surface area (TPSA) is 59.0 Å². The van der Waals surface area contributed by atoms with E-state index >= 15 is 0 Å². The summed E-state index contributed by atoms with van der Waals surface area (Å²) >= 11 is 3.27. The van der Waals surface area contributed by atoms with Crippen LogP contribution >= 0.6 is 15.9 Å². The number of aliphatic hydroxyl groups is 1. The third kappa shape index (κ3) is 3.29. The number of halogens is 1. The number of likely N-dealkylation sites (tertiary alicyclic amines) is 1. The van der Waals surface area contributed by atoms with Gasteiger partial charge in [0.15, 0.2) is 5.79 Å². The number of piperidine rings is 1. The van der Waals surface area contributed by atoms with Crippen LogP contribution in [-0.4, -0.2) is 45.9 Å². The second-order valence-electron chi connectivity index (χ2n) is 5.88. The molecule has 0 radical (unpaired) electrons. The Balaban J connectivity index is 1.62. The van der Waals surface area contributed by atoms with Gasteiger partial charge in [0, 0.05) is 13.0 Å². The number of hydrogen-bond donors (Lipinski definition) is 1. The molecule has 1 N–H and O–H groups in total. The summed E-state index contributed by atoms with van der Waals surface area (Å²) in [6.45, 7) is 0.910. The first-order valence-corrected chi connectivity index (χ1v) is 8.67. The third-order valence-electron chi connectivity index (χ3n) is 4.26. The van der Waals surface area contributed by atoms with Crippen molar-refractivity contribution < 1.29 is 19.4 Å². The molecular weight excluding hydrogens is 350 g/mol. The Labute approximate surface area is 138 Å². The van der Waals surface area contributed by atoms with Gasteiger partial charge in [-0.25, -0.2) is 4.79 Å². The van der Waals surface area contributed by atoms with Crippen LogP contribution in [0.3, 0.4) is 0 Å². The number of alkyl halides is 1. The zero-order valence-corrected chi connectivity index (χ0v) is 13.9. The van der Waals surface area contributed by atoms with Gasteiger partial charge in [-0.2, -0.15) is 0 Å². The van der Waals surface area contributed by atoms with E-state index in [1.54, 1.807) is 4.90 Å². The van der Waals surface area contributed by atoms with Gasteiger partial charge in [-0.15, -0.1) is 0 Å². The summed E-state index contributed by atoms with van der Waals surface area (Å²) in [6.07, 6.45) is 1.70. The number of nitrogens with zero attached hydrogens (tertiary/aromatic N) is 1. The van der Waals surface area contributed by atoms with Crippen LogP contribution in [-0.2, 0) is 16.1 Å². The van der Waals surface area contributed by atoms with Crippen LogP contribution in [0.2, 0.25) is 0 Å². The monoisotopic (exact) mass is 369 g/mol. The number of amides is 1. The largest absolute Gasteiger partial charge is 0.445 e. The summed E-state index contributed by atoms with van der Waals surface area (Å²) in [4.78, 5) is 14.1. The van der Waals surface area contributed by atoms with Crippen LogP contribution in [0.25, 0.3) is 0 Å². The third-order valence-corrected chi connectivity index (χ3v) is 5.14. The average Bonchev–Trinajstić information content (AvgIpc) is 2.90. The first-order valence-electron chi connectivity index (χ1n) is 7.55. The molecule has 2 heterocycles. The Morgan fingerprint density at radius 2 is 2.23 bits per heavy atom. The summed E-state index contributed by atoms with van der Waals surface area (Å²) < 4.78 is 11.1. The lowest BCUT2D eigenvalue weighted by atomic mass is 9.97. The van der Waals surface area contributed by atoms with Crippen molar-refractivity contribution in [2.75, 3.05) is 11.9 Å². The Hall–Kier alpha value is -1.11. The maximum absolute atomic E-state index is 12.4. The molecule has 5 nitrogen and oxygen atoms in total. The second-order valence-corrected chi connectivity index (χ2v) is 6.44. The minimum atomic E-state index is -1.18. The Bertz CT molecular complexity index is 526. The van der Waals surface area contributed by atoms with Crippen molar-refractivity contribution in [3.8, 4) is 0 Å². The minimum Gasteiger partial charge on any atom is -0.445 e. The van der Waals surface area contributed by atoms with E-state index in [2.05, 4.69) is 15.9 Å². The van der Waals surface area contributed by atoms with Crippen LogP contribution in [0.4, 0.5) is 4.79 Å². The summed E-state index contributed by atoms with van der Waals surface area (Å²) in [5.41, 5.74) is 0.962. The number of benzene rings is 1. The van der Waals surface area contributed by atoms with Gasteiger partial charge < -0.3 is 19.5 Å². The van der Waals surface area contributed by atoms with Gasteiger partial charge in [-0.05, 0) is 18.4 Å². The molecule has 2 fully saturated rings. The van der Waals surface area contributed by atoms with Gasteiger partial charge >= 0.3 is 6.09 Å². The number of carbonyl (C=O) groups is 1. The molecule has 2 aliphatic rings. The highest BCUT2D eigenvalue weighted by molar-refractivity contribution is 9.09. The number of ether oxygens (including phenoxy) is 2. The molecule has 0 spiro atoms. The van der Waals surface area contributed by atoms with E-state index < -0.39 is 5.79 Å². The summed E-state index contributed by atoms with van der Waals surface area (Å²) in [5, 5.41) is 10.6. The fourth-order valence-electron chi connectivity index (χ4n) is 3.17. The number of rotatable bonds is 3. The Kier molecular flexibility index (Phi) is 4.70. The molecule has 3 rings (SSSR count). The molecule has 1 amide bonds. The summed E-state index contributed by atoms with van der Waals surface area (Å²) in [7, 11) is 0. The van der Waals surface area contributed by atoms with E-state index in [1.165, 1.54) is 0 Å². The smallest absolute Gasteiger partial charge is 0.410 e. The van der Waals surface area contributed by atoms with Crippen molar-refractivity contribution in [2.45, 2.75) is 43.8 Å². The van der Waals surface area contributed by atoms with Crippen molar-refractivity contribution in [3.63, 3.8) is 0 Å². The van der Waals surface area contributed by atoms with Crippen LogP contribution in [0.5, 0.6) is 0 Å². The second kappa shape index (κ2) is 6.56. The predicted octanol–water partition coefficient (Wildman–Crippen LogP) is 2.66. The van der Waals surface area contributed by atoms with Crippen LogP contribution in [0, 0.1) is 0 Å². The highest BCUT2D eigenvalue weighted by Crippen LogP contribution is 2.38. The first-order chi connectivity index (χ1) is 10.6. The van der Waals surface area contributed by atoms with Crippen molar-refractivity contribution in [2.24, 2.45) is 0 Å². The number of carbonyl (C=O) groups excluding carboxylic acids is 1. The highest BCUT2D eigenvalue weighted by atomic mass is 79.9. The van der Waals surface area contributed by atoms with Gasteiger partial charge in [-0.1, -0.05) is 46.3 Å². The van der Waals surface area contributed by atoms with Crippen LogP contribution < -0.4 is 0 Å². The number of hydrogen-bond acceptors (Lipinski definition) is 4. The summed E-state index contributed by atoms with van der Waals surface area (Å²) in [5.74, 6) is -1.18. The van der Waals surface area contributed by atoms with E-state index in [0.717, 1.165) is 18.4 Å². The molecule has 1 aromatic rings. The molecule has 22 heavy (non-hydrogen) atoms. The number of fused-ring (bicyclic) bond motifs is 1. The molecule has 3 atom stereocenters. The Morgan fingerprint density at radius 3 is 2.95 bits per heavy atom. The first kappa shape index (κ1) is 15.8. The van der Waals surface area contributed by atoms with Crippen molar-refractivity contribution >= 4 is 22.0 Å². The molecule has 0 aromatic heterocycles. The zero-order chi connectivity index (χ0) is 15.6. The Morgan fingerprint density at radius 1 is 1.45 bits per heavy atom. The molecule has 0 aliphatic carbocycles. The van der Waals surface area contributed by atoms with Gasteiger partial charge in [0.1, 0.15) is 6.61 Å². The SMILES string of the molecule is O=C(OCc1ccccc1)N1CCC[C@@H]2OC(O)(CBr)C[C@H]21. The van der Waals surface area contributed by atoms with Gasteiger partial charge in [0.05, 0.1) is 17.5 Å². The fraction of sp³-hybridized carbons (Fsp3) is 0.562. The van der Waals surface area contributed by atoms with E-state index in [0.29, 0.717) is 18.3 Å². The van der Waals surface area contributed by atoms with E-state index in [-0.39, 0.29) is 24.8 Å². The average molecular weight is 370 g/mol. The van der Waals surface area contributed by atoms with E-state index in [4.69, 9.17) is 9.47 Å².